The predicted octanol–water partition coefficient (Wildman–Crippen LogP) is 4.58. The summed E-state index contributed by atoms with van der Waals surface area (Å²) in [6.07, 6.45) is 1.76. The molecule has 4 rings (SSSR count). The van der Waals surface area contributed by atoms with Crippen LogP contribution in [0, 0.1) is 5.41 Å². The van der Waals surface area contributed by atoms with Crippen LogP contribution < -0.4 is 4.74 Å². The summed E-state index contributed by atoms with van der Waals surface area (Å²) in [5.41, 5.74) is 3.94. The summed E-state index contributed by atoms with van der Waals surface area (Å²) in [6.45, 7) is 6.77. The molecule has 4 aromatic rings. The van der Waals surface area contributed by atoms with Crippen LogP contribution in [-0.2, 0) is 17.9 Å². The van der Waals surface area contributed by atoms with E-state index in [-0.39, 0.29) is 17.9 Å². The topological polar surface area (TPSA) is 103 Å². The first-order valence-corrected chi connectivity index (χ1v) is 11.0. The molecule has 8 heteroatoms. The number of tetrazole rings is 1. The average Bonchev–Trinajstić information content (AvgIpc) is 3.26. The predicted molar refractivity (Wildman–Crippen MR) is 127 cm³/mol. The van der Waals surface area contributed by atoms with Gasteiger partial charge in [-0.05, 0) is 51.2 Å². The molecule has 1 unspecified atom stereocenters. The normalized spacial score (nSPS) is 12.3. The van der Waals surface area contributed by atoms with E-state index in [0.717, 1.165) is 22.6 Å². The van der Waals surface area contributed by atoms with Gasteiger partial charge in [0.15, 0.2) is 5.82 Å². The number of nitrogens with zero attached hydrogens (tertiary/aromatic N) is 5. The summed E-state index contributed by atoms with van der Waals surface area (Å²) in [4.78, 5) is 15.4. The Bertz CT molecular complexity index is 1230. The molecule has 0 saturated carbocycles. The smallest absolute Gasteiger partial charge is 0.325 e. The maximum Gasteiger partial charge on any atom is 0.325 e. The van der Waals surface area contributed by atoms with Crippen molar-refractivity contribution in [3.05, 3.63) is 89.7 Å². The van der Waals surface area contributed by atoms with Crippen molar-refractivity contribution in [2.75, 3.05) is 0 Å². The van der Waals surface area contributed by atoms with E-state index in [1.54, 1.807) is 6.20 Å². The van der Waals surface area contributed by atoms with E-state index >= 15 is 0 Å². The Kier molecular flexibility index (Phi) is 6.67. The lowest BCUT2D eigenvalue weighted by atomic mass is 9.72. The van der Waals surface area contributed by atoms with Gasteiger partial charge in [-0.3, -0.25) is 9.78 Å². The fraction of sp³-hybridized carbons (Fsp3) is 0.269. The minimum atomic E-state index is -0.995. The van der Waals surface area contributed by atoms with Gasteiger partial charge >= 0.3 is 5.97 Å². The molecule has 0 aliphatic carbocycles. The van der Waals surface area contributed by atoms with Crippen molar-refractivity contribution >= 4 is 5.97 Å². The highest BCUT2D eigenvalue weighted by atomic mass is 16.5. The molecular weight excluding hydrogens is 430 g/mol. The SMILES string of the molecule is CC(C)(C)C(c1ccc(OCc2ccccn2)cc1)c1ccc(-c2nnnn2CC(=O)O)cc1. The third kappa shape index (κ3) is 5.46. The van der Waals surface area contributed by atoms with Crippen molar-refractivity contribution in [1.29, 1.82) is 0 Å². The molecule has 2 aromatic heterocycles. The van der Waals surface area contributed by atoms with Crippen molar-refractivity contribution in [1.82, 2.24) is 25.2 Å². The Hall–Kier alpha value is -4.07. The zero-order valence-corrected chi connectivity index (χ0v) is 19.4. The Morgan fingerprint density at radius 1 is 1.00 bits per heavy atom. The molecule has 8 nitrogen and oxygen atoms in total. The molecule has 0 saturated heterocycles. The number of carbonyl (C=O) groups is 1. The molecule has 174 valence electrons. The fourth-order valence-corrected chi connectivity index (χ4v) is 4.06. The molecule has 0 radical (unpaired) electrons. The molecule has 0 amide bonds. The van der Waals surface area contributed by atoms with Gasteiger partial charge < -0.3 is 9.84 Å². The van der Waals surface area contributed by atoms with E-state index < -0.39 is 5.97 Å². The lowest BCUT2D eigenvalue weighted by molar-refractivity contribution is -0.137. The summed E-state index contributed by atoms with van der Waals surface area (Å²) < 4.78 is 7.17. The number of hydrogen-bond acceptors (Lipinski definition) is 6. The van der Waals surface area contributed by atoms with Crippen molar-refractivity contribution < 1.29 is 14.6 Å². The standard InChI is InChI=1S/C26H27N5O3/c1-26(2,3)24(19-11-13-22(14-12-19)34-17-21-6-4-5-15-27-21)18-7-9-20(10-8-18)25-28-29-30-31(25)16-23(32)33/h4-15,24H,16-17H2,1-3H3,(H,32,33). The largest absolute Gasteiger partial charge is 0.487 e. The Labute approximate surface area is 198 Å². The van der Waals surface area contributed by atoms with Crippen LogP contribution in [0.1, 0.15) is 43.5 Å². The zero-order valence-electron chi connectivity index (χ0n) is 19.4. The second-order valence-corrected chi connectivity index (χ2v) is 9.15. The van der Waals surface area contributed by atoms with Gasteiger partial charge in [-0.25, -0.2) is 4.68 Å². The average molecular weight is 458 g/mol. The van der Waals surface area contributed by atoms with E-state index in [1.807, 2.05) is 42.5 Å². The Morgan fingerprint density at radius 2 is 1.68 bits per heavy atom. The number of aliphatic carboxylic acids is 1. The third-order valence-corrected chi connectivity index (χ3v) is 5.51. The highest BCUT2D eigenvalue weighted by molar-refractivity contribution is 5.67. The number of pyridine rings is 1. The second-order valence-electron chi connectivity index (χ2n) is 9.15. The van der Waals surface area contributed by atoms with E-state index in [4.69, 9.17) is 9.84 Å². The van der Waals surface area contributed by atoms with Crippen LogP contribution in [0.4, 0.5) is 0 Å². The van der Waals surface area contributed by atoms with Gasteiger partial charge in [-0.1, -0.05) is 63.2 Å². The highest BCUT2D eigenvalue weighted by Gasteiger charge is 2.28. The van der Waals surface area contributed by atoms with Crippen molar-refractivity contribution in [3.8, 4) is 17.1 Å². The zero-order chi connectivity index (χ0) is 24.1. The van der Waals surface area contributed by atoms with Crippen LogP contribution in [0.25, 0.3) is 11.4 Å². The van der Waals surface area contributed by atoms with Gasteiger partial charge in [-0.2, -0.15) is 0 Å². The van der Waals surface area contributed by atoms with Gasteiger partial charge in [-0.15, -0.1) is 5.10 Å². The number of carboxylic acids is 1. The number of rotatable bonds is 8. The van der Waals surface area contributed by atoms with Crippen molar-refractivity contribution in [3.63, 3.8) is 0 Å². The maximum atomic E-state index is 11.1. The quantitative estimate of drug-likeness (QED) is 0.413. The van der Waals surface area contributed by atoms with Crippen LogP contribution in [-0.4, -0.2) is 36.3 Å². The van der Waals surface area contributed by atoms with Gasteiger partial charge in [0, 0.05) is 17.7 Å². The van der Waals surface area contributed by atoms with Crippen LogP contribution in [0.15, 0.2) is 72.9 Å². The molecule has 2 heterocycles. The summed E-state index contributed by atoms with van der Waals surface area (Å²) >= 11 is 0. The number of benzene rings is 2. The molecule has 34 heavy (non-hydrogen) atoms. The number of hydrogen-bond donors (Lipinski definition) is 1. The van der Waals surface area contributed by atoms with Gasteiger partial charge in [0.1, 0.15) is 18.9 Å². The third-order valence-electron chi connectivity index (χ3n) is 5.51. The monoisotopic (exact) mass is 457 g/mol. The minimum Gasteiger partial charge on any atom is -0.487 e. The summed E-state index contributed by atoms with van der Waals surface area (Å²) in [7, 11) is 0. The number of aromatic nitrogens is 5. The lowest BCUT2D eigenvalue weighted by Gasteiger charge is -2.32. The fourth-order valence-electron chi connectivity index (χ4n) is 4.06. The first-order valence-electron chi connectivity index (χ1n) is 11.0. The molecule has 2 aromatic carbocycles. The van der Waals surface area contributed by atoms with Gasteiger partial charge in [0.25, 0.3) is 0 Å². The molecule has 0 spiro atoms. The summed E-state index contributed by atoms with van der Waals surface area (Å²) in [5.74, 6) is 0.366. The molecule has 0 aliphatic heterocycles. The summed E-state index contributed by atoms with van der Waals surface area (Å²) in [5, 5.41) is 20.5. The lowest BCUT2D eigenvalue weighted by Crippen LogP contribution is -2.19. The molecule has 1 atom stereocenters. The van der Waals surface area contributed by atoms with Gasteiger partial charge in [0.05, 0.1) is 5.69 Å². The van der Waals surface area contributed by atoms with E-state index in [9.17, 15) is 4.79 Å². The van der Waals surface area contributed by atoms with Crippen LogP contribution in [0.2, 0.25) is 0 Å². The minimum absolute atomic E-state index is 0.0390. The number of ether oxygens (including phenoxy) is 1. The molecule has 1 N–H and O–H groups in total. The van der Waals surface area contributed by atoms with E-state index in [0.29, 0.717) is 12.4 Å². The molecule has 0 fully saturated rings. The highest BCUT2D eigenvalue weighted by Crippen LogP contribution is 2.41. The van der Waals surface area contributed by atoms with Crippen LogP contribution >= 0.6 is 0 Å². The Balaban J connectivity index is 1.54. The van der Waals surface area contributed by atoms with E-state index in [1.165, 1.54) is 10.2 Å². The number of carboxylic acid groups (broad SMARTS) is 1. The molecule has 0 bridgehead atoms. The molecular formula is C26H27N5O3. The van der Waals surface area contributed by atoms with Crippen LogP contribution in [0.5, 0.6) is 5.75 Å². The Morgan fingerprint density at radius 3 is 2.26 bits per heavy atom. The maximum absolute atomic E-state index is 11.1. The van der Waals surface area contributed by atoms with E-state index in [2.05, 4.69) is 65.5 Å². The van der Waals surface area contributed by atoms with Crippen molar-refractivity contribution in [2.45, 2.75) is 39.8 Å². The van der Waals surface area contributed by atoms with Crippen LogP contribution in [0.3, 0.4) is 0 Å². The summed E-state index contributed by atoms with van der Waals surface area (Å²) in [6, 6.07) is 21.9. The molecule has 0 aliphatic rings. The van der Waals surface area contributed by atoms with Gasteiger partial charge in [0.2, 0.25) is 0 Å². The first kappa shape index (κ1) is 23.1. The van der Waals surface area contributed by atoms with Crippen molar-refractivity contribution in [2.24, 2.45) is 5.41 Å². The second kappa shape index (κ2) is 9.82. The first-order chi connectivity index (χ1) is 16.3.